The molecule has 2 heterocycles. The van der Waals surface area contributed by atoms with Crippen LogP contribution in [-0.2, 0) is 9.53 Å². The second-order valence-corrected chi connectivity index (χ2v) is 7.20. The Morgan fingerprint density at radius 2 is 2.04 bits per heavy atom. The van der Waals surface area contributed by atoms with E-state index in [1.165, 1.54) is 0 Å². The minimum atomic E-state index is -0.139. The number of halogens is 2. The Morgan fingerprint density at radius 3 is 2.78 bits per heavy atom. The zero-order valence-corrected chi connectivity index (χ0v) is 16.8. The lowest BCUT2D eigenvalue weighted by Gasteiger charge is -2.25. The maximum absolute atomic E-state index is 12.0. The zero-order chi connectivity index (χ0) is 19.4. The predicted octanol–water partition coefficient (Wildman–Crippen LogP) is 3.18. The molecule has 0 radical (unpaired) electrons. The van der Waals surface area contributed by atoms with Crippen LogP contribution in [0.1, 0.15) is 17.0 Å². The van der Waals surface area contributed by atoms with Crippen LogP contribution in [0, 0.1) is 13.8 Å². The molecule has 8 heteroatoms. The maximum Gasteiger partial charge on any atom is 0.254 e. The highest BCUT2D eigenvalue weighted by Gasteiger charge is 2.15. The lowest BCUT2D eigenvalue weighted by molar-refractivity contribution is -0.123. The first-order chi connectivity index (χ1) is 13.0. The molecule has 1 aromatic heterocycles. The SMILES string of the molecule is Cc1cc(/C=N/NC(=O)CN2CCOCC2)c(C)n1-c1cccc(Cl)c1Cl. The van der Waals surface area contributed by atoms with Crippen molar-refractivity contribution in [2.75, 3.05) is 32.8 Å². The van der Waals surface area contributed by atoms with Gasteiger partial charge < -0.3 is 9.30 Å². The summed E-state index contributed by atoms with van der Waals surface area (Å²) in [5.41, 5.74) is 6.26. The van der Waals surface area contributed by atoms with Gasteiger partial charge in [0.15, 0.2) is 0 Å². The van der Waals surface area contributed by atoms with Gasteiger partial charge in [-0.15, -0.1) is 0 Å². The van der Waals surface area contributed by atoms with Gasteiger partial charge in [0, 0.05) is 30.0 Å². The molecular weight excluding hydrogens is 387 g/mol. The van der Waals surface area contributed by atoms with E-state index in [2.05, 4.69) is 10.5 Å². The van der Waals surface area contributed by atoms with Crippen LogP contribution >= 0.6 is 23.2 Å². The normalized spacial score (nSPS) is 15.4. The van der Waals surface area contributed by atoms with E-state index in [-0.39, 0.29) is 5.91 Å². The van der Waals surface area contributed by atoms with Gasteiger partial charge in [0.2, 0.25) is 0 Å². The third-order valence-electron chi connectivity index (χ3n) is 4.51. The van der Waals surface area contributed by atoms with E-state index in [1.54, 1.807) is 12.3 Å². The molecule has 3 rings (SSSR count). The first kappa shape index (κ1) is 19.9. The van der Waals surface area contributed by atoms with Gasteiger partial charge in [-0.3, -0.25) is 9.69 Å². The quantitative estimate of drug-likeness (QED) is 0.610. The Hall–Kier alpha value is -1.86. The van der Waals surface area contributed by atoms with Crippen molar-refractivity contribution in [2.45, 2.75) is 13.8 Å². The Kier molecular flexibility index (Phi) is 6.55. The van der Waals surface area contributed by atoms with Gasteiger partial charge in [0.25, 0.3) is 5.91 Å². The van der Waals surface area contributed by atoms with E-state index in [4.69, 9.17) is 27.9 Å². The smallest absolute Gasteiger partial charge is 0.254 e. The number of aryl methyl sites for hydroxylation is 1. The van der Waals surface area contributed by atoms with E-state index in [1.807, 2.05) is 41.5 Å². The molecule has 1 aromatic carbocycles. The molecule has 1 aliphatic rings. The van der Waals surface area contributed by atoms with E-state index in [9.17, 15) is 4.79 Å². The van der Waals surface area contributed by atoms with Crippen LogP contribution in [0.4, 0.5) is 0 Å². The number of amides is 1. The largest absolute Gasteiger partial charge is 0.379 e. The topological polar surface area (TPSA) is 58.9 Å². The fourth-order valence-corrected chi connectivity index (χ4v) is 3.51. The number of nitrogens with one attached hydrogen (secondary N) is 1. The molecule has 27 heavy (non-hydrogen) atoms. The molecule has 6 nitrogen and oxygen atoms in total. The number of morpholine rings is 1. The number of nitrogens with zero attached hydrogens (tertiary/aromatic N) is 3. The van der Waals surface area contributed by atoms with Crippen molar-refractivity contribution < 1.29 is 9.53 Å². The summed E-state index contributed by atoms with van der Waals surface area (Å²) in [5, 5.41) is 5.11. The van der Waals surface area contributed by atoms with Gasteiger partial charge in [-0.25, -0.2) is 5.43 Å². The van der Waals surface area contributed by atoms with Crippen molar-refractivity contribution in [3.05, 3.63) is 51.3 Å². The Balaban J connectivity index is 1.70. The number of carbonyl (C=O) groups excluding carboxylic acids is 1. The average Bonchev–Trinajstić information content (AvgIpc) is 2.92. The number of ether oxygens (including phenoxy) is 1. The second-order valence-electron chi connectivity index (χ2n) is 6.42. The van der Waals surface area contributed by atoms with Gasteiger partial charge in [0.05, 0.1) is 41.7 Å². The highest BCUT2D eigenvalue weighted by Crippen LogP contribution is 2.31. The number of aromatic nitrogens is 1. The average molecular weight is 409 g/mol. The molecule has 1 amide bonds. The predicted molar refractivity (Wildman–Crippen MR) is 108 cm³/mol. The first-order valence-corrected chi connectivity index (χ1v) is 9.48. The third kappa shape index (κ3) is 4.71. The highest BCUT2D eigenvalue weighted by atomic mass is 35.5. The van der Waals surface area contributed by atoms with Crippen molar-refractivity contribution in [1.29, 1.82) is 0 Å². The van der Waals surface area contributed by atoms with Gasteiger partial charge >= 0.3 is 0 Å². The minimum Gasteiger partial charge on any atom is -0.379 e. The van der Waals surface area contributed by atoms with Crippen LogP contribution in [0.2, 0.25) is 10.0 Å². The standard InChI is InChI=1S/C19H22Cl2N4O2/c1-13-10-15(11-22-23-18(26)12-24-6-8-27-9-7-24)14(2)25(13)17-5-3-4-16(20)19(17)21/h3-5,10-11H,6-9,12H2,1-2H3,(H,23,26)/b22-11+. The maximum atomic E-state index is 12.0. The monoisotopic (exact) mass is 408 g/mol. The summed E-state index contributed by atoms with van der Waals surface area (Å²) >= 11 is 12.5. The molecule has 1 saturated heterocycles. The number of hydrogen-bond acceptors (Lipinski definition) is 4. The minimum absolute atomic E-state index is 0.139. The molecule has 1 fully saturated rings. The van der Waals surface area contributed by atoms with Crippen LogP contribution in [-0.4, -0.2) is 54.4 Å². The van der Waals surface area contributed by atoms with Crippen LogP contribution in [0.5, 0.6) is 0 Å². The van der Waals surface area contributed by atoms with E-state index in [0.717, 1.165) is 35.7 Å². The fraction of sp³-hybridized carbons (Fsp3) is 0.368. The lowest BCUT2D eigenvalue weighted by atomic mass is 10.2. The van der Waals surface area contributed by atoms with Gasteiger partial charge in [-0.2, -0.15) is 5.10 Å². The fourth-order valence-electron chi connectivity index (χ4n) is 3.13. The summed E-state index contributed by atoms with van der Waals surface area (Å²) in [6.07, 6.45) is 1.65. The van der Waals surface area contributed by atoms with Crippen LogP contribution < -0.4 is 5.43 Å². The van der Waals surface area contributed by atoms with E-state index in [0.29, 0.717) is 29.8 Å². The molecule has 0 aliphatic carbocycles. The zero-order valence-electron chi connectivity index (χ0n) is 15.3. The number of rotatable bonds is 5. The van der Waals surface area contributed by atoms with Crippen LogP contribution in [0.3, 0.4) is 0 Å². The summed E-state index contributed by atoms with van der Waals surface area (Å²) < 4.78 is 7.30. The number of hydrogen-bond donors (Lipinski definition) is 1. The summed E-state index contributed by atoms with van der Waals surface area (Å²) in [4.78, 5) is 14.1. The summed E-state index contributed by atoms with van der Waals surface area (Å²) in [7, 11) is 0. The summed E-state index contributed by atoms with van der Waals surface area (Å²) in [6, 6.07) is 7.53. The Bertz CT molecular complexity index is 858. The molecule has 0 bridgehead atoms. The molecule has 0 saturated carbocycles. The Morgan fingerprint density at radius 1 is 1.30 bits per heavy atom. The van der Waals surface area contributed by atoms with Gasteiger partial charge in [-0.05, 0) is 32.0 Å². The molecular formula is C19H22Cl2N4O2. The summed E-state index contributed by atoms with van der Waals surface area (Å²) in [5.74, 6) is -0.139. The first-order valence-electron chi connectivity index (χ1n) is 8.72. The van der Waals surface area contributed by atoms with Crippen molar-refractivity contribution in [1.82, 2.24) is 14.9 Å². The highest BCUT2D eigenvalue weighted by molar-refractivity contribution is 6.43. The Labute approximate surface area is 168 Å². The molecule has 144 valence electrons. The van der Waals surface area contributed by atoms with Crippen molar-refractivity contribution in [3.8, 4) is 5.69 Å². The third-order valence-corrected chi connectivity index (χ3v) is 5.32. The molecule has 0 spiro atoms. The van der Waals surface area contributed by atoms with E-state index < -0.39 is 0 Å². The summed E-state index contributed by atoms with van der Waals surface area (Å²) in [6.45, 7) is 7.12. The van der Waals surface area contributed by atoms with Crippen molar-refractivity contribution in [3.63, 3.8) is 0 Å². The van der Waals surface area contributed by atoms with Gasteiger partial charge in [0.1, 0.15) is 0 Å². The number of carbonyl (C=O) groups is 1. The second kappa shape index (κ2) is 8.89. The van der Waals surface area contributed by atoms with Crippen molar-refractivity contribution >= 4 is 35.3 Å². The molecule has 1 aliphatic heterocycles. The molecule has 2 aromatic rings. The van der Waals surface area contributed by atoms with Crippen LogP contribution in [0.25, 0.3) is 5.69 Å². The number of benzene rings is 1. The number of hydrazone groups is 1. The molecule has 0 atom stereocenters. The molecule has 0 unspecified atom stereocenters. The van der Waals surface area contributed by atoms with Crippen LogP contribution in [0.15, 0.2) is 29.4 Å². The van der Waals surface area contributed by atoms with Gasteiger partial charge in [-0.1, -0.05) is 29.3 Å². The lowest BCUT2D eigenvalue weighted by Crippen LogP contribution is -2.42. The molecule has 1 N–H and O–H groups in total. The van der Waals surface area contributed by atoms with Crippen molar-refractivity contribution in [2.24, 2.45) is 5.10 Å². The van der Waals surface area contributed by atoms with E-state index >= 15 is 0 Å².